The summed E-state index contributed by atoms with van der Waals surface area (Å²) >= 11 is 1.33. The molecule has 114 valence electrons. The third-order valence-corrected chi connectivity index (χ3v) is 3.64. The van der Waals surface area contributed by atoms with Crippen LogP contribution in [0.3, 0.4) is 0 Å². The molecule has 0 unspecified atom stereocenters. The number of rotatable bonds is 7. The summed E-state index contributed by atoms with van der Waals surface area (Å²) in [4.78, 5) is 12.0. The second-order valence-corrected chi connectivity index (χ2v) is 5.20. The molecule has 2 aromatic rings. The minimum absolute atomic E-state index is 0.0350. The lowest BCUT2D eigenvalue weighted by atomic mass is 10.3. The van der Waals surface area contributed by atoms with Crippen molar-refractivity contribution in [2.45, 2.75) is 33.1 Å². The Bertz CT molecular complexity index is 611. The molecule has 0 aliphatic rings. The Morgan fingerprint density at radius 1 is 1.43 bits per heavy atom. The first kappa shape index (κ1) is 15.5. The summed E-state index contributed by atoms with van der Waals surface area (Å²) in [6.07, 6.45) is 0.772. The minimum Gasteiger partial charge on any atom is -0.390 e. The molecule has 21 heavy (non-hydrogen) atoms. The molecule has 10 heteroatoms. The van der Waals surface area contributed by atoms with Crippen LogP contribution in [0, 0.1) is 0 Å². The van der Waals surface area contributed by atoms with Crippen LogP contribution in [0.5, 0.6) is 0 Å². The summed E-state index contributed by atoms with van der Waals surface area (Å²) in [6.45, 7) is 1.90. The van der Waals surface area contributed by atoms with Crippen molar-refractivity contribution in [1.29, 1.82) is 0 Å². The van der Waals surface area contributed by atoms with Crippen molar-refractivity contribution in [2.24, 2.45) is 0 Å². The van der Waals surface area contributed by atoms with Crippen LogP contribution in [0.4, 0.5) is 5.13 Å². The fourth-order valence-corrected chi connectivity index (χ4v) is 2.35. The summed E-state index contributed by atoms with van der Waals surface area (Å²) in [5.74, 6) is -0.291. The number of aromatic nitrogens is 5. The number of aryl methyl sites for hydroxylation is 1. The van der Waals surface area contributed by atoms with Crippen molar-refractivity contribution < 1.29 is 14.6 Å². The Kier molecular flexibility index (Phi) is 5.31. The number of hydrogen-bond acceptors (Lipinski definition) is 8. The van der Waals surface area contributed by atoms with Crippen molar-refractivity contribution >= 4 is 22.4 Å². The molecule has 2 heterocycles. The lowest BCUT2D eigenvalue weighted by Crippen LogP contribution is -2.21. The highest BCUT2D eigenvalue weighted by Crippen LogP contribution is 2.15. The van der Waals surface area contributed by atoms with Crippen LogP contribution in [-0.4, -0.2) is 43.3 Å². The molecule has 0 atom stereocenters. The number of ether oxygens (including phenoxy) is 1. The van der Waals surface area contributed by atoms with E-state index >= 15 is 0 Å². The van der Waals surface area contributed by atoms with E-state index in [0.717, 1.165) is 11.4 Å². The molecule has 1 amide bonds. The first-order valence-electron chi connectivity index (χ1n) is 6.31. The van der Waals surface area contributed by atoms with Crippen LogP contribution in [0.15, 0.2) is 0 Å². The van der Waals surface area contributed by atoms with E-state index in [1.54, 1.807) is 0 Å². The smallest absolute Gasteiger partial charge is 0.248 e. The zero-order valence-corrected chi connectivity index (χ0v) is 12.6. The molecule has 0 fully saturated rings. The van der Waals surface area contributed by atoms with Gasteiger partial charge >= 0.3 is 0 Å². The first-order valence-corrected chi connectivity index (χ1v) is 7.12. The Hall–Kier alpha value is -1.91. The van der Waals surface area contributed by atoms with E-state index in [1.807, 2.05) is 6.92 Å². The topological polar surface area (TPSA) is 115 Å². The summed E-state index contributed by atoms with van der Waals surface area (Å²) in [6, 6.07) is 0. The molecular weight excluding hydrogens is 296 g/mol. The SMILES string of the molecule is CCc1nnc(NC(=O)Cn2nnc(CO)c2COC)s1. The van der Waals surface area contributed by atoms with Crippen molar-refractivity contribution in [3.05, 3.63) is 16.4 Å². The van der Waals surface area contributed by atoms with Crippen molar-refractivity contribution in [1.82, 2.24) is 25.2 Å². The third kappa shape index (κ3) is 3.80. The molecule has 0 radical (unpaired) electrons. The molecule has 0 saturated carbocycles. The maximum absolute atomic E-state index is 12.0. The van der Waals surface area contributed by atoms with Crippen LogP contribution in [0.25, 0.3) is 0 Å². The predicted molar refractivity (Wildman–Crippen MR) is 74.6 cm³/mol. The van der Waals surface area contributed by atoms with Crippen LogP contribution in [0.2, 0.25) is 0 Å². The second kappa shape index (κ2) is 7.20. The zero-order chi connectivity index (χ0) is 15.2. The highest BCUT2D eigenvalue weighted by atomic mass is 32.1. The standard InChI is InChI=1S/C11H16N6O3S/c1-3-10-14-15-11(21-10)12-9(19)4-17-8(6-20-2)7(5-18)13-16-17/h18H,3-6H2,1-2H3,(H,12,15,19). The number of aliphatic hydroxyl groups excluding tert-OH is 1. The number of nitrogens with one attached hydrogen (secondary N) is 1. The molecule has 2 N–H and O–H groups in total. The van der Waals surface area contributed by atoms with Crippen LogP contribution in [0.1, 0.15) is 23.3 Å². The molecule has 9 nitrogen and oxygen atoms in total. The number of carbonyl (C=O) groups is 1. The normalized spacial score (nSPS) is 10.8. The summed E-state index contributed by atoms with van der Waals surface area (Å²) in [5.41, 5.74) is 0.968. The Morgan fingerprint density at radius 2 is 2.24 bits per heavy atom. The Labute approximate surface area is 125 Å². The Balaban J connectivity index is 2.03. The molecule has 2 rings (SSSR count). The number of methoxy groups -OCH3 is 1. The van der Waals surface area contributed by atoms with Gasteiger partial charge in [-0.25, -0.2) is 4.68 Å². The highest BCUT2D eigenvalue weighted by molar-refractivity contribution is 7.15. The van der Waals surface area contributed by atoms with Gasteiger partial charge in [-0.15, -0.1) is 15.3 Å². The van der Waals surface area contributed by atoms with E-state index in [9.17, 15) is 4.79 Å². The van der Waals surface area contributed by atoms with E-state index in [4.69, 9.17) is 9.84 Å². The lowest BCUT2D eigenvalue weighted by Gasteiger charge is -2.06. The highest BCUT2D eigenvalue weighted by Gasteiger charge is 2.15. The molecule has 0 spiro atoms. The molecule has 0 bridgehead atoms. The van der Waals surface area contributed by atoms with Gasteiger partial charge < -0.3 is 9.84 Å². The van der Waals surface area contributed by atoms with E-state index in [2.05, 4.69) is 25.8 Å². The maximum Gasteiger partial charge on any atom is 0.248 e. The summed E-state index contributed by atoms with van der Waals surface area (Å²) < 4.78 is 6.42. The van der Waals surface area contributed by atoms with Gasteiger partial charge in [0.15, 0.2) is 0 Å². The first-order chi connectivity index (χ1) is 10.2. The third-order valence-electron chi connectivity index (χ3n) is 2.66. The second-order valence-electron chi connectivity index (χ2n) is 4.13. The van der Waals surface area contributed by atoms with Gasteiger partial charge in [0.1, 0.15) is 17.2 Å². The van der Waals surface area contributed by atoms with Gasteiger partial charge in [-0.3, -0.25) is 10.1 Å². The quantitative estimate of drug-likeness (QED) is 0.737. The number of hydrogen-bond donors (Lipinski definition) is 2. The van der Waals surface area contributed by atoms with E-state index < -0.39 is 0 Å². The average Bonchev–Trinajstić information content (AvgIpc) is 3.07. The van der Waals surface area contributed by atoms with Gasteiger partial charge in [0.2, 0.25) is 11.0 Å². The monoisotopic (exact) mass is 312 g/mol. The minimum atomic E-state index is -0.291. The summed E-state index contributed by atoms with van der Waals surface area (Å²) in [5, 5.41) is 28.6. The van der Waals surface area contributed by atoms with Gasteiger partial charge in [0.25, 0.3) is 0 Å². The van der Waals surface area contributed by atoms with Crippen LogP contribution >= 0.6 is 11.3 Å². The number of anilines is 1. The summed E-state index contributed by atoms with van der Waals surface area (Å²) in [7, 11) is 1.52. The van der Waals surface area contributed by atoms with E-state index in [0.29, 0.717) is 16.5 Å². The van der Waals surface area contributed by atoms with Gasteiger partial charge in [-0.05, 0) is 6.42 Å². The van der Waals surface area contributed by atoms with Crippen molar-refractivity contribution in [2.75, 3.05) is 12.4 Å². The zero-order valence-electron chi connectivity index (χ0n) is 11.7. The van der Waals surface area contributed by atoms with Crippen molar-refractivity contribution in [3.8, 4) is 0 Å². The number of aliphatic hydroxyl groups is 1. The van der Waals surface area contributed by atoms with Crippen LogP contribution in [-0.2, 0) is 35.7 Å². The van der Waals surface area contributed by atoms with Crippen molar-refractivity contribution in [3.63, 3.8) is 0 Å². The number of amides is 1. The number of nitrogens with zero attached hydrogens (tertiary/aromatic N) is 5. The largest absolute Gasteiger partial charge is 0.390 e. The predicted octanol–water partition coefficient (Wildman–Crippen LogP) is -0.0306. The molecule has 0 aliphatic heterocycles. The van der Waals surface area contributed by atoms with Crippen LogP contribution < -0.4 is 5.32 Å². The fourth-order valence-electron chi connectivity index (χ4n) is 1.65. The molecule has 0 aliphatic carbocycles. The van der Waals surface area contributed by atoms with Gasteiger partial charge in [-0.2, -0.15) is 0 Å². The van der Waals surface area contributed by atoms with Gasteiger partial charge in [0, 0.05) is 7.11 Å². The van der Waals surface area contributed by atoms with E-state index in [1.165, 1.54) is 23.1 Å². The molecular formula is C11H16N6O3S. The Morgan fingerprint density at radius 3 is 2.86 bits per heavy atom. The van der Waals surface area contributed by atoms with E-state index in [-0.39, 0.29) is 25.7 Å². The fraction of sp³-hybridized carbons (Fsp3) is 0.545. The maximum atomic E-state index is 12.0. The molecule has 0 aromatic carbocycles. The molecule has 0 saturated heterocycles. The average molecular weight is 312 g/mol. The van der Waals surface area contributed by atoms with Gasteiger partial charge in [0.05, 0.1) is 18.9 Å². The van der Waals surface area contributed by atoms with Gasteiger partial charge in [-0.1, -0.05) is 23.5 Å². The molecule has 2 aromatic heterocycles. The number of carbonyl (C=O) groups excluding carboxylic acids is 1. The lowest BCUT2D eigenvalue weighted by molar-refractivity contribution is -0.117.